The van der Waals surface area contributed by atoms with Crippen LogP contribution in [-0.2, 0) is 11.3 Å². The first-order valence-electron chi connectivity index (χ1n) is 4.94. The number of hydrogen-bond donors (Lipinski definition) is 3. The van der Waals surface area contributed by atoms with E-state index >= 15 is 0 Å². The summed E-state index contributed by atoms with van der Waals surface area (Å²) in [6, 6.07) is 7.08. The van der Waals surface area contributed by atoms with Gasteiger partial charge in [-0.3, -0.25) is 4.79 Å². The zero-order chi connectivity index (χ0) is 12.0. The minimum absolute atomic E-state index is 0.114. The number of benzene rings is 1. The molecule has 0 saturated heterocycles. The highest BCUT2D eigenvalue weighted by molar-refractivity contribution is 5.88. The van der Waals surface area contributed by atoms with Gasteiger partial charge in [0.25, 0.3) is 0 Å². The molecule has 1 aromatic rings. The summed E-state index contributed by atoms with van der Waals surface area (Å²) in [4.78, 5) is 21.8. The molecule has 1 aromatic carbocycles. The van der Waals surface area contributed by atoms with Crippen molar-refractivity contribution in [1.82, 2.24) is 10.6 Å². The Kier molecular flexibility index (Phi) is 4.32. The van der Waals surface area contributed by atoms with Crippen molar-refractivity contribution in [2.45, 2.75) is 13.5 Å². The molecule has 0 aromatic heterocycles. The lowest BCUT2D eigenvalue weighted by Crippen LogP contribution is -2.32. The molecule has 0 saturated carbocycles. The van der Waals surface area contributed by atoms with E-state index < -0.39 is 0 Å². The second kappa shape index (κ2) is 5.75. The Bertz CT molecular complexity index is 391. The molecule has 3 amide bonds. The highest BCUT2D eigenvalue weighted by Gasteiger charge is 1.99. The van der Waals surface area contributed by atoms with Crippen LogP contribution in [0, 0.1) is 0 Å². The van der Waals surface area contributed by atoms with Crippen molar-refractivity contribution in [3.05, 3.63) is 29.8 Å². The van der Waals surface area contributed by atoms with Crippen LogP contribution in [0.25, 0.3) is 0 Å². The Balaban J connectivity index is 2.60. The normalized spacial score (nSPS) is 9.38. The van der Waals surface area contributed by atoms with Crippen molar-refractivity contribution in [3.8, 4) is 0 Å². The van der Waals surface area contributed by atoms with Gasteiger partial charge in [0.2, 0.25) is 5.91 Å². The number of carbonyl (C=O) groups is 2. The molecule has 0 unspecified atom stereocenters. The fourth-order valence-corrected chi connectivity index (χ4v) is 1.23. The van der Waals surface area contributed by atoms with Gasteiger partial charge in [-0.15, -0.1) is 0 Å². The van der Waals surface area contributed by atoms with Gasteiger partial charge in [0, 0.05) is 26.2 Å². The van der Waals surface area contributed by atoms with Crippen LogP contribution in [0.4, 0.5) is 10.5 Å². The fraction of sp³-hybridized carbons (Fsp3) is 0.273. The number of urea groups is 1. The minimum atomic E-state index is -0.232. The van der Waals surface area contributed by atoms with E-state index in [1.807, 2.05) is 18.2 Å². The van der Waals surface area contributed by atoms with E-state index in [9.17, 15) is 9.59 Å². The lowest BCUT2D eigenvalue weighted by Gasteiger charge is -2.07. The van der Waals surface area contributed by atoms with E-state index in [2.05, 4.69) is 16.0 Å². The zero-order valence-corrected chi connectivity index (χ0v) is 9.33. The van der Waals surface area contributed by atoms with Gasteiger partial charge in [-0.2, -0.15) is 0 Å². The van der Waals surface area contributed by atoms with Crippen molar-refractivity contribution in [2.75, 3.05) is 12.4 Å². The van der Waals surface area contributed by atoms with Gasteiger partial charge in [0.1, 0.15) is 0 Å². The molecule has 86 valence electrons. The average molecular weight is 221 g/mol. The van der Waals surface area contributed by atoms with E-state index in [0.29, 0.717) is 6.54 Å². The first-order valence-corrected chi connectivity index (χ1v) is 4.94. The number of carbonyl (C=O) groups excluding carboxylic acids is 2. The van der Waals surface area contributed by atoms with Gasteiger partial charge >= 0.3 is 6.03 Å². The van der Waals surface area contributed by atoms with Crippen LogP contribution in [0.15, 0.2) is 24.3 Å². The van der Waals surface area contributed by atoms with Gasteiger partial charge in [0.15, 0.2) is 0 Å². The van der Waals surface area contributed by atoms with Crippen LogP contribution in [0.2, 0.25) is 0 Å². The topological polar surface area (TPSA) is 70.2 Å². The van der Waals surface area contributed by atoms with Crippen molar-refractivity contribution in [2.24, 2.45) is 0 Å². The lowest BCUT2D eigenvalue weighted by molar-refractivity contribution is -0.114. The maximum Gasteiger partial charge on any atom is 0.314 e. The first-order chi connectivity index (χ1) is 7.61. The Morgan fingerprint density at radius 2 is 2.06 bits per heavy atom. The van der Waals surface area contributed by atoms with Crippen LogP contribution < -0.4 is 16.0 Å². The minimum Gasteiger partial charge on any atom is -0.341 e. The summed E-state index contributed by atoms with van der Waals surface area (Å²) in [5.74, 6) is -0.114. The molecule has 0 aliphatic carbocycles. The molecule has 5 heteroatoms. The number of anilines is 1. The Morgan fingerprint density at radius 1 is 1.31 bits per heavy atom. The molecular formula is C11H15N3O2. The molecule has 0 heterocycles. The highest BCUT2D eigenvalue weighted by atomic mass is 16.2. The van der Waals surface area contributed by atoms with Gasteiger partial charge in [-0.05, 0) is 17.7 Å². The molecule has 0 spiro atoms. The van der Waals surface area contributed by atoms with Crippen molar-refractivity contribution >= 4 is 17.6 Å². The summed E-state index contributed by atoms with van der Waals surface area (Å²) in [5.41, 5.74) is 1.65. The maximum absolute atomic E-state index is 11.0. The molecule has 0 atom stereocenters. The third-order valence-electron chi connectivity index (χ3n) is 1.93. The molecule has 16 heavy (non-hydrogen) atoms. The van der Waals surface area contributed by atoms with Crippen LogP contribution in [0.5, 0.6) is 0 Å². The summed E-state index contributed by atoms with van der Waals surface area (Å²) in [6.07, 6.45) is 0. The van der Waals surface area contributed by atoms with Crippen LogP contribution >= 0.6 is 0 Å². The molecule has 5 nitrogen and oxygen atoms in total. The molecule has 0 fully saturated rings. The molecule has 1 rings (SSSR count). The largest absolute Gasteiger partial charge is 0.341 e. The molecule has 0 aliphatic rings. The summed E-state index contributed by atoms with van der Waals surface area (Å²) >= 11 is 0. The van der Waals surface area contributed by atoms with Crippen LogP contribution in [0.3, 0.4) is 0 Å². The van der Waals surface area contributed by atoms with Crippen LogP contribution in [0.1, 0.15) is 12.5 Å². The second-order valence-electron chi connectivity index (χ2n) is 3.31. The highest BCUT2D eigenvalue weighted by Crippen LogP contribution is 2.10. The van der Waals surface area contributed by atoms with Gasteiger partial charge in [-0.1, -0.05) is 12.1 Å². The summed E-state index contributed by atoms with van der Waals surface area (Å²) in [5, 5.41) is 7.81. The summed E-state index contributed by atoms with van der Waals surface area (Å²) < 4.78 is 0. The van der Waals surface area contributed by atoms with E-state index in [-0.39, 0.29) is 11.9 Å². The summed E-state index contributed by atoms with van der Waals surface area (Å²) in [7, 11) is 1.56. The predicted octanol–water partition coefficient (Wildman–Crippen LogP) is 1.07. The Hall–Kier alpha value is -2.04. The number of hydrogen-bond acceptors (Lipinski definition) is 2. The van der Waals surface area contributed by atoms with E-state index in [1.54, 1.807) is 13.1 Å². The predicted molar refractivity (Wildman–Crippen MR) is 62.0 cm³/mol. The maximum atomic E-state index is 11.0. The standard InChI is InChI=1S/C11H15N3O2/c1-8(15)14-10-5-3-4-9(6-10)7-13-11(16)12-2/h3-6H,7H2,1-2H3,(H,14,15)(H2,12,13,16). The van der Waals surface area contributed by atoms with Crippen molar-refractivity contribution < 1.29 is 9.59 Å². The molecule has 0 radical (unpaired) electrons. The smallest absolute Gasteiger partial charge is 0.314 e. The molecule has 3 N–H and O–H groups in total. The summed E-state index contributed by atoms with van der Waals surface area (Å²) in [6.45, 7) is 1.88. The lowest BCUT2D eigenvalue weighted by atomic mass is 10.2. The monoisotopic (exact) mass is 221 g/mol. The fourth-order valence-electron chi connectivity index (χ4n) is 1.23. The third kappa shape index (κ3) is 4.00. The van der Waals surface area contributed by atoms with Gasteiger partial charge < -0.3 is 16.0 Å². The van der Waals surface area contributed by atoms with Gasteiger partial charge in [0.05, 0.1) is 0 Å². The van der Waals surface area contributed by atoms with E-state index in [4.69, 9.17) is 0 Å². The van der Waals surface area contributed by atoms with Gasteiger partial charge in [-0.25, -0.2) is 4.79 Å². The van der Waals surface area contributed by atoms with E-state index in [1.165, 1.54) is 6.92 Å². The van der Waals surface area contributed by atoms with Crippen molar-refractivity contribution in [3.63, 3.8) is 0 Å². The Labute approximate surface area is 94.2 Å². The average Bonchev–Trinajstić information content (AvgIpc) is 2.25. The molecule has 0 bridgehead atoms. The van der Waals surface area contributed by atoms with E-state index in [0.717, 1.165) is 11.3 Å². The Morgan fingerprint density at radius 3 is 2.69 bits per heavy atom. The van der Waals surface area contributed by atoms with Crippen molar-refractivity contribution in [1.29, 1.82) is 0 Å². The first kappa shape index (κ1) is 12.0. The second-order valence-corrected chi connectivity index (χ2v) is 3.31. The van der Waals surface area contributed by atoms with Crippen LogP contribution in [-0.4, -0.2) is 19.0 Å². The number of amides is 3. The quantitative estimate of drug-likeness (QED) is 0.714. The number of nitrogens with one attached hydrogen (secondary N) is 3. The SMILES string of the molecule is CNC(=O)NCc1cccc(NC(C)=O)c1. The zero-order valence-electron chi connectivity index (χ0n) is 9.33. The molecular weight excluding hydrogens is 206 g/mol. The number of rotatable bonds is 3. The third-order valence-corrected chi connectivity index (χ3v) is 1.93. The molecule has 0 aliphatic heterocycles.